The quantitative estimate of drug-likeness (QED) is 0.574. The topological polar surface area (TPSA) is 29.5 Å². The Morgan fingerprint density at radius 1 is 1.50 bits per heavy atom. The maximum Gasteiger partial charge on any atom is 0.0799 e. The molecule has 0 aliphatic rings. The van der Waals surface area contributed by atoms with E-state index in [-0.39, 0.29) is 23.5 Å². The summed E-state index contributed by atoms with van der Waals surface area (Å²) >= 11 is 0. The Balaban J connectivity index is -0.000000180. The molecule has 0 bridgehead atoms. The Hall–Kier alpha value is 0.350. The van der Waals surface area contributed by atoms with Gasteiger partial charge in [-0.1, -0.05) is 0 Å². The molecular formula is C5H17O2P. The third kappa shape index (κ3) is 4.51. The molecule has 3 unspecified atom stereocenters. The van der Waals surface area contributed by atoms with Gasteiger partial charge >= 0.3 is 0 Å². The molecule has 54 valence electrons. The van der Waals surface area contributed by atoms with E-state index in [1.807, 2.05) is 6.92 Å². The van der Waals surface area contributed by atoms with Crippen molar-refractivity contribution in [2.24, 2.45) is 0 Å². The van der Waals surface area contributed by atoms with Crippen LogP contribution in [0.4, 0.5) is 0 Å². The second-order valence-corrected chi connectivity index (χ2v) is 1.68. The highest BCUT2D eigenvalue weighted by Gasteiger charge is 2.03. The minimum absolute atomic E-state index is 0. The van der Waals surface area contributed by atoms with Crippen LogP contribution in [0.3, 0.4) is 0 Å². The van der Waals surface area contributed by atoms with Crippen molar-refractivity contribution < 1.29 is 11.3 Å². The number of aliphatic hydroxyl groups is 1. The van der Waals surface area contributed by atoms with Crippen molar-refractivity contribution in [3.05, 3.63) is 0 Å². The van der Waals surface area contributed by atoms with E-state index >= 15 is 0 Å². The third-order valence-electron chi connectivity index (χ3n) is 1.05. The predicted octanol–water partition coefficient (Wildman–Crippen LogP) is 0.706. The molecule has 0 radical (unpaired) electrons. The van der Waals surface area contributed by atoms with Crippen molar-refractivity contribution in [3.8, 4) is 0 Å². The van der Waals surface area contributed by atoms with Crippen LogP contribution in [0.2, 0.25) is 0 Å². The lowest BCUT2D eigenvalue weighted by atomic mass is 10.3. The molecule has 0 saturated heterocycles. The van der Waals surface area contributed by atoms with Gasteiger partial charge in [0.25, 0.3) is 0 Å². The average molecular weight is 141 g/mol. The number of hydrogen-bond acceptors (Lipinski definition) is 2. The van der Waals surface area contributed by atoms with Crippen molar-refractivity contribution in [2.75, 3.05) is 7.11 Å². The Labute approximate surface area is 55.3 Å². The van der Waals surface area contributed by atoms with Crippen LogP contribution in [0.25, 0.3) is 0 Å². The minimum Gasteiger partial charge on any atom is -0.391 e. The van der Waals surface area contributed by atoms with E-state index in [0.717, 1.165) is 0 Å². The maximum absolute atomic E-state index is 8.70. The van der Waals surface area contributed by atoms with Gasteiger partial charge in [0.1, 0.15) is 0 Å². The SMILES string of the molecule is COC(C)C(C)O.P.[2HH]. The standard InChI is InChI=1S/C5H12O2.H3P.H2/c1-4(6)5(2)7-3;;/h4-6H,1-3H3;1H3;1H/i;;1+1. The summed E-state index contributed by atoms with van der Waals surface area (Å²) < 4.78 is 4.76. The zero-order valence-corrected chi connectivity index (χ0v) is 7.13. The highest BCUT2D eigenvalue weighted by atomic mass is 31.0. The summed E-state index contributed by atoms with van der Waals surface area (Å²) in [6, 6.07) is 0. The highest BCUT2D eigenvalue weighted by molar-refractivity contribution is 6.92. The zero-order valence-electron chi connectivity index (χ0n) is 5.72. The van der Waals surface area contributed by atoms with Crippen molar-refractivity contribution in [3.63, 3.8) is 0 Å². The van der Waals surface area contributed by atoms with Crippen LogP contribution in [0.1, 0.15) is 15.3 Å². The summed E-state index contributed by atoms with van der Waals surface area (Å²) in [6.45, 7) is 3.53. The van der Waals surface area contributed by atoms with Gasteiger partial charge in [0, 0.05) is 8.54 Å². The Bertz CT molecular complexity index is 52.2. The molecule has 1 N–H and O–H groups in total. The molecular weight excluding hydrogens is 123 g/mol. The second-order valence-electron chi connectivity index (χ2n) is 1.68. The van der Waals surface area contributed by atoms with Gasteiger partial charge in [-0.2, -0.15) is 9.90 Å². The molecule has 0 aromatic carbocycles. The molecule has 0 aliphatic carbocycles. The summed E-state index contributed by atoms with van der Waals surface area (Å²) in [4.78, 5) is 0. The van der Waals surface area contributed by atoms with Crippen molar-refractivity contribution in [2.45, 2.75) is 26.1 Å². The molecule has 0 fully saturated rings. The first-order valence-electron chi connectivity index (χ1n) is 2.39. The Morgan fingerprint density at radius 2 is 1.88 bits per heavy atom. The van der Waals surface area contributed by atoms with Crippen LogP contribution in [0.5, 0.6) is 0 Å². The average Bonchev–Trinajstić information content (AvgIpc) is 1.65. The van der Waals surface area contributed by atoms with E-state index in [0.29, 0.717) is 0 Å². The van der Waals surface area contributed by atoms with Crippen LogP contribution in [-0.4, -0.2) is 24.4 Å². The first-order valence-corrected chi connectivity index (χ1v) is 2.39. The van der Waals surface area contributed by atoms with Gasteiger partial charge in [0.05, 0.1) is 12.2 Å². The Kier molecular flexibility index (Phi) is 7.67. The molecule has 0 aromatic heterocycles. The fourth-order valence-electron chi connectivity index (χ4n) is 0.197. The van der Waals surface area contributed by atoms with Crippen molar-refractivity contribution in [1.82, 2.24) is 0 Å². The number of methoxy groups -OCH3 is 1. The van der Waals surface area contributed by atoms with Crippen molar-refractivity contribution in [1.29, 1.82) is 0 Å². The number of aliphatic hydroxyl groups excluding tert-OH is 1. The van der Waals surface area contributed by atoms with Crippen LogP contribution >= 0.6 is 9.90 Å². The fraction of sp³-hybridized carbons (Fsp3) is 1.00. The third-order valence-corrected chi connectivity index (χ3v) is 1.05. The van der Waals surface area contributed by atoms with Gasteiger partial charge in [-0.25, -0.2) is 0 Å². The fourth-order valence-corrected chi connectivity index (χ4v) is 0.197. The monoisotopic (exact) mass is 141 g/mol. The van der Waals surface area contributed by atoms with E-state index in [2.05, 4.69) is 0 Å². The van der Waals surface area contributed by atoms with Gasteiger partial charge in [-0.3, -0.25) is 0 Å². The summed E-state index contributed by atoms with van der Waals surface area (Å²) in [7, 11) is 1.58. The normalized spacial score (nSPS) is 16.5. The smallest absolute Gasteiger partial charge is 0.0799 e. The zero-order chi connectivity index (χ0) is 5.86. The number of ether oxygens (including phenoxy) is 1. The first kappa shape index (κ1) is 11.2. The predicted molar refractivity (Wildman–Crippen MR) is 41.4 cm³/mol. The Morgan fingerprint density at radius 3 is 1.88 bits per heavy atom. The summed E-state index contributed by atoms with van der Waals surface area (Å²) in [6.07, 6.45) is -0.398. The van der Waals surface area contributed by atoms with E-state index < -0.39 is 0 Å². The minimum atomic E-state index is -0.356. The van der Waals surface area contributed by atoms with E-state index in [4.69, 9.17) is 9.84 Å². The van der Waals surface area contributed by atoms with Gasteiger partial charge < -0.3 is 9.84 Å². The van der Waals surface area contributed by atoms with Crippen molar-refractivity contribution >= 4 is 9.90 Å². The molecule has 3 atom stereocenters. The highest BCUT2D eigenvalue weighted by Crippen LogP contribution is 1.92. The van der Waals surface area contributed by atoms with E-state index in [1.165, 1.54) is 0 Å². The van der Waals surface area contributed by atoms with Crippen LogP contribution in [0, 0.1) is 0 Å². The molecule has 2 nitrogen and oxygen atoms in total. The van der Waals surface area contributed by atoms with Crippen LogP contribution in [0.15, 0.2) is 0 Å². The summed E-state index contributed by atoms with van der Waals surface area (Å²) in [5.41, 5.74) is 0. The first-order chi connectivity index (χ1) is 3.18. The molecule has 3 heteroatoms. The summed E-state index contributed by atoms with van der Waals surface area (Å²) in [5.74, 6) is 0. The van der Waals surface area contributed by atoms with Gasteiger partial charge in [-0.15, -0.1) is 0 Å². The summed E-state index contributed by atoms with van der Waals surface area (Å²) in [5, 5.41) is 8.70. The lowest BCUT2D eigenvalue weighted by Gasteiger charge is -2.10. The molecule has 0 saturated carbocycles. The molecule has 0 spiro atoms. The largest absolute Gasteiger partial charge is 0.391 e. The number of hydrogen-bond donors (Lipinski definition) is 1. The molecule has 0 aromatic rings. The molecule has 0 amide bonds. The second kappa shape index (κ2) is 5.49. The molecule has 0 rings (SSSR count). The lowest BCUT2D eigenvalue weighted by molar-refractivity contribution is 0.00997. The van der Waals surface area contributed by atoms with Gasteiger partial charge in [-0.05, 0) is 13.8 Å². The van der Waals surface area contributed by atoms with Crippen LogP contribution in [-0.2, 0) is 4.74 Å². The molecule has 0 heterocycles. The maximum atomic E-state index is 8.70. The van der Waals surface area contributed by atoms with Gasteiger partial charge in [0.15, 0.2) is 0 Å². The molecule has 0 aliphatic heterocycles. The van der Waals surface area contributed by atoms with E-state index in [1.54, 1.807) is 14.0 Å². The van der Waals surface area contributed by atoms with Crippen LogP contribution < -0.4 is 0 Å². The van der Waals surface area contributed by atoms with E-state index in [9.17, 15) is 0 Å². The lowest BCUT2D eigenvalue weighted by Crippen LogP contribution is -2.20. The van der Waals surface area contributed by atoms with Gasteiger partial charge in [0.2, 0.25) is 0 Å². The molecule has 8 heavy (non-hydrogen) atoms. The number of rotatable bonds is 2.